The number of nitrogens with one attached hydrogen (secondary N) is 1. The summed E-state index contributed by atoms with van der Waals surface area (Å²) in [6.07, 6.45) is 1.74. The van der Waals surface area contributed by atoms with Gasteiger partial charge in [0.2, 0.25) is 0 Å². The summed E-state index contributed by atoms with van der Waals surface area (Å²) in [5.41, 5.74) is 1.45. The molecule has 2 aromatic rings. The molecule has 1 fully saturated rings. The van der Waals surface area contributed by atoms with Gasteiger partial charge in [-0.3, -0.25) is 4.79 Å². The molecule has 1 heterocycles. The molecule has 0 aliphatic carbocycles. The molecule has 0 aromatic heterocycles. The van der Waals surface area contributed by atoms with Crippen molar-refractivity contribution in [3.8, 4) is 17.2 Å². The molecule has 1 aliphatic heterocycles. The van der Waals surface area contributed by atoms with Gasteiger partial charge < -0.3 is 19.5 Å². The van der Waals surface area contributed by atoms with E-state index in [0.29, 0.717) is 33.2 Å². The van der Waals surface area contributed by atoms with Gasteiger partial charge in [0.15, 0.2) is 16.7 Å². The highest BCUT2D eigenvalue weighted by atomic mass is 35.5. The van der Waals surface area contributed by atoms with Crippen molar-refractivity contribution in [3.05, 3.63) is 51.9 Å². The molecule has 0 atom stereocenters. The molecule has 1 aliphatic rings. The first-order valence-corrected chi connectivity index (χ1v) is 9.67. The third-order valence-corrected chi connectivity index (χ3v) is 4.98. The lowest BCUT2D eigenvalue weighted by Crippen LogP contribution is -2.19. The van der Waals surface area contributed by atoms with Crippen molar-refractivity contribution in [2.75, 3.05) is 20.8 Å². The molecule has 146 valence electrons. The number of carbonyl (C=O) groups excluding carboxylic acids is 1. The maximum Gasteiger partial charge on any atom is 0.264 e. The number of thioether (sulfide) groups is 1. The van der Waals surface area contributed by atoms with Gasteiger partial charge in [-0.05, 0) is 66.7 Å². The van der Waals surface area contributed by atoms with Gasteiger partial charge in [0.25, 0.3) is 5.91 Å². The van der Waals surface area contributed by atoms with E-state index in [1.807, 2.05) is 31.2 Å². The predicted octanol–water partition coefficient (Wildman–Crippen LogP) is 4.65. The molecule has 6 nitrogen and oxygen atoms in total. The van der Waals surface area contributed by atoms with E-state index in [1.54, 1.807) is 32.4 Å². The van der Waals surface area contributed by atoms with E-state index in [9.17, 15) is 4.79 Å². The van der Waals surface area contributed by atoms with E-state index in [1.165, 1.54) is 11.8 Å². The Labute approximate surface area is 172 Å². The Bertz CT molecular complexity index is 942. The van der Waals surface area contributed by atoms with Crippen LogP contribution in [0.4, 0.5) is 5.69 Å². The monoisotopic (exact) mass is 418 g/mol. The van der Waals surface area contributed by atoms with Crippen LogP contribution in [0.15, 0.2) is 46.3 Å². The quantitative estimate of drug-likeness (QED) is 0.691. The number of carbonyl (C=O) groups is 1. The smallest absolute Gasteiger partial charge is 0.264 e. The molecule has 0 unspecified atom stereocenters. The lowest BCUT2D eigenvalue weighted by molar-refractivity contribution is -0.115. The Balaban J connectivity index is 1.84. The summed E-state index contributed by atoms with van der Waals surface area (Å²) in [6, 6.07) is 10.8. The fourth-order valence-electron chi connectivity index (χ4n) is 2.51. The standard InChI is InChI=1S/C20H19ClN2O4S/c1-4-27-18-15(21)9-12(10-16(18)26-3)11-17-19(24)23-20(28-17)22-13-5-7-14(25-2)8-6-13/h5-11H,4H2,1-3H3,(H,22,23,24). The molecule has 1 N–H and O–H groups in total. The van der Waals surface area contributed by atoms with E-state index < -0.39 is 0 Å². The van der Waals surface area contributed by atoms with Crippen molar-refractivity contribution >= 4 is 46.2 Å². The van der Waals surface area contributed by atoms with Crippen molar-refractivity contribution in [2.24, 2.45) is 4.99 Å². The van der Waals surface area contributed by atoms with Gasteiger partial charge >= 0.3 is 0 Å². The highest BCUT2D eigenvalue weighted by Crippen LogP contribution is 2.38. The van der Waals surface area contributed by atoms with Crippen molar-refractivity contribution in [1.82, 2.24) is 5.32 Å². The number of amidine groups is 1. The number of amides is 1. The minimum atomic E-state index is -0.221. The molecule has 8 heteroatoms. The number of nitrogens with zero attached hydrogens (tertiary/aromatic N) is 1. The van der Waals surface area contributed by atoms with E-state index in [-0.39, 0.29) is 5.91 Å². The molecule has 0 saturated carbocycles. The average molecular weight is 419 g/mol. The van der Waals surface area contributed by atoms with Crippen molar-refractivity contribution < 1.29 is 19.0 Å². The molecule has 2 aromatic carbocycles. The third kappa shape index (κ3) is 4.61. The summed E-state index contributed by atoms with van der Waals surface area (Å²) < 4.78 is 16.0. The van der Waals surface area contributed by atoms with Crippen molar-refractivity contribution in [1.29, 1.82) is 0 Å². The van der Waals surface area contributed by atoms with Gasteiger partial charge in [0.1, 0.15) is 5.75 Å². The second-order valence-electron chi connectivity index (χ2n) is 5.65. The first kappa shape index (κ1) is 20.1. The summed E-state index contributed by atoms with van der Waals surface area (Å²) in [4.78, 5) is 17.3. The highest BCUT2D eigenvalue weighted by molar-refractivity contribution is 8.18. The number of aliphatic imine (C=N–C) groups is 1. The topological polar surface area (TPSA) is 69.2 Å². The summed E-state index contributed by atoms with van der Waals surface area (Å²) in [5.74, 6) is 1.52. The lowest BCUT2D eigenvalue weighted by Gasteiger charge is -2.12. The third-order valence-electron chi connectivity index (χ3n) is 3.79. The molecule has 28 heavy (non-hydrogen) atoms. The molecule has 0 radical (unpaired) electrons. The molecule has 3 rings (SSSR count). The summed E-state index contributed by atoms with van der Waals surface area (Å²) >= 11 is 7.56. The van der Waals surface area contributed by atoms with Crippen LogP contribution in [0.25, 0.3) is 6.08 Å². The van der Waals surface area contributed by atoms with Crippen LogP contribution in [0, 0.1) is 0 Å². The zero-order valence-corrected chi connectivity index (χ0v) is 17.2. The van der Waals surface area contributed by atoms with Crippen molar-refractivity contribution in [3.63, 3.8) is 0 Å². The van der Waals surface area contributed by atoms with E-state index in [0.717, 1.165) is 17.0 Å². The van der Waals surface area contributed by atoms with Crippen LogP contribution < -0.4 is 19.5 Å². The molecule has 1 saturated heterocycles. The Morgan fingerprint density at radius 1 is 1.18 bits per heavy atom. The van der Waals surface area contributed by atoms with Gasteiger partial charge in [-0.15, -0.1) is 0 Å². The molecular weight excluding hydrogens is 400 g/mol. The SMILES string of the molecule is CCOc1c(Cl)cc(C=C2SC(=Nc3ccc(OC)cc3)NC2=O)cc1OC. The second kappa shape index (κ2) is 9.03. The Morgan fingerprint density at radius 3 is 2.57 bits per heavy atom. The van der Waals surface area contributed by atoms with Crippen LogP contribution in [0.3, 0.4) is 0 Å². The second-order valence-corrected chi connectivity index (χ2v) is 7.08. The van der Waals surface area contributed by atoms with E-state index in [2.05, 4.69) is 10.3 Å². The van der Waals surface area contributed by atoms with Gasteiger partial charge in [0, 0.05) is 0 Å². The fourth-order valence-corrected chi connectivity index (χ4v) is 3.63. The first-order valence-electron chi connectivity index (χ1n) is 8.48. The minimum Gasteiger partial charge on any atom is -0.497 e. The number of ether oxygens (including phenoxy) is 3. The Kier molecular flexibility index (Phi) is 6.49. The average Bonchev–Trinajstić information content (AvgIpc) is 3.03. The van der Waals surface area contributed by atoms with Crippen LogP contribution in [0.5, 0.6) is 17.2 Å². The van der Waals surface area contributed by atoms with Crippen LogP contribution in [0.1, 0.15) is 12.5 Å². The van der Waals surface area contributed by atoms with Gasteiger partial charge in [-0.1, -0.05) is 11.6 Å². The fraction of sp³-hybridized carbons (Fsp3) is 0.200. The minimum absolute atomic E-state index is 0.221. The molecule has 1 amide bonds. The predicted molar refractivity (Wildman–Crippen MR) is 113 cm³/mol. The number of benzene rings is 2. The number of rotatable bonds is 6. The van der Waals surface area contributed by atoms with Crippen molar-refractivity contribution in [2.45, 2.75) is 6.92 Å². The molecule has 0 bridgehead atoms. The van der Waals surface area contributed by atoms with E-state index in [4.69, 9.17) is 25.8 Å². The van der Waals surface area contributed by atoms with E-state index >= 15 is 0 Å². The zero-order chi connectivity index (χ0) is 20.1. The van der Waals surface area contributed by atoms with Gasteiger partial charge in [0.05, 0.1) is 36.4 Å². The lowest BCUT2D eigenvalue weighted by atomic mass is 10.2. The molecule has 0 spiro atoms. The van der Waals surface area contributed by atoms with Crippen LogP contribution in [-0.4, -0.2) is 31.9 Å². The Hall–Kier alpha value is -2.64. The summed E-state index contributed by atoms with van der Waals surface area (Å²) in [5, 5.41) is 3.69. The number of hydrogen-bond acceptors (Lipinski definition) is 6. The summed E-state index contributed by atoms with van der Waals surface area (Å²) in [6.45, 7) is 2.34. The zero-order valence-electron chi connectivity index (χ0n) is 15.6. The number of methoxy groups -OCH3 is 2. The van der Waals surface area contributed by atoms with Gasteiger partial charge in [-0.2, -0.15) is 0 Å². The maximum absolute atomic E-state index is 12.3. The largest absolute Gasteiger partial charge is 0.497 e. The molecular formula is C20H19ClN2O4S. The normalized spacial score (nSPS) is 16.4. The highest BCUT2D eigenvalue weighted by Gasteiger charge is 2.24. The number of hydrogen-bond donors (Lipinski definition) is 1. The van der Waals surface area contributed by atoms with Crippen LogP contribution in [0.2, 0.25) is 5.02 Å². The maximum atomic E-state index is 12.3. The van der Waals surface area contributed by atoms with Crippen LogP contribution >= 0.6 is 23.4 Å². The number of halogens is 1. The summed E-state index contributed by atoms with van der Waals surface area (Å²) in [7, 11) is 3.15. The van der Waals surface area contributed by atoms with Gasteiger partial charge in [-0.25, -0.2) is 4.99 Å². The van der Waals surface area contributed by atoms with Crippen LogP contribution in [-0.2, 0) is 4.79 Å². The Morgan fingerprint density at radius 2 is 1.93 bits per heavy atom. The first-order chi connectivity index (χ1) is 13.5.